The number of anilines is 1. The van der Waals surface area contributed by atoms with Crippen LogP contribution in [0.5, 0.6) is 0 Å². The highest BCUT2D eigenvalue weighted by Crippen LogP contribution is 2.15. The van der Waals surface area contributed by atoms with E-state index < -0.39 is 0 Å². The summed E-state index contributed by atoms with van der Waals surface area (Å²) in [4.78, 5) is 25.4. The molecule has 0 radical (unpaired) electrons. The minimum Gasteiger partial charge on any atom is -0.321 e. The average molecular weight is 380 g/mol. The van der Waals surface area contributed by atoms with Crippen LogP contribution in [0.3, 0.4) is 0 Å². The molecule has 4 rings (SSSR count). The molecule has 0 fully saturated rings. The van der Waals surface area contributed by atoms with Crippen molar-refractivity contribution >= 4 is 34.0 Å². The molecule has 1 aromatic carbocycles. The fourth-order valence-electron chi connectivity index (χ4n) is 2.84. The molecule has 9 heteroatoms. The molecule has 0 atom stereocenters. The number of carbonyl (C=O) groups excluding carboxylic acids is 1. The summed E-state index contributed by atoms with van der Waals surface area (Å²) >= 11 is 1.39. The highest BCUT2D eigenvalue weighted by atomic mass is 32.1. The first-order valence-electron chi connectivity index (χ1n) is 8.24. The number of hydrogen-bond acceptors (Lipinski definition) is 6. The van der Waals surface area contributed by atoms with Crippen LogP contribution < -0.4 is 10.9 Å². The van der Waals surface area contributed by atoms with Gasteiger partial charge in [-0.15, -0.1) is 16.4 Å². The maximum Gasteiger partial charge on any atom is 0.296 e. The van der Waals surface area contributed by atoms with Crippen LogP contribution in [0.25, 0.3) is 11.0 Å². The first kappa shape index (κ1) is 17.1. The summed E-state index contributed by atoms with van der Waals surface area (Å²) in [5.74, 6) is -0.142. The van der Waals surface area contributed by atoms with Gasteiger partial charge in [0, 0.05) is 12.7 Å². The molecule has 0 bridgehead atoms. The number of benzene rings is 1. The smallest absolute Gasteiger partial charge is 0.296 e. The maximum absolute atomic E-state index is 12.7. The van der Waals surface area contributed by atoms with E-state index >= 15 is 0 Å². The number of aryl methyl sites for hydroxylation is 2. The van der Waals surface area contributed by atoms with Gasteiger partial charge in [0.25, 0.3) is 11.5 Å². The normalized spacial score (nSPS) is 11.0. The van der Waals surface area contributed by atoms with Gasteiger partial charge in [-0.1, -0.05) is 23.4 Å². The van der Waals surface area contributed by atoms with Gasteiger partial charge in [-0.2, -0.15) is 5.10 Å². The summed E-state index contributed by atoms with van der Waals surface area (Å²) < 4.78 is 2.84. The molecule has 3 heterocycles. The topological polar surface area (TPSA) is 94.7 Å². The Morgan fingerprint density at radius 2 is 2.00 bits per heavy atom. The molecule has 0 spiro atoms. The van der Waals surface area contributed by atoms with Crippen molar-refractivity contribution in [3.05, 3.63) is 68.3 Å². The standard InChI is InChI=1S/C18H16N6O2S/c1-11-15-16(23(2)21-11)18(26)24(22-20-15)10-12-5-7-13(8-6-12)19-17(25)14-4-3-9-27-14/h3-9H,10H2,1-2H3,(H,19,25). The number of amides is 1. The number of aromatic nitrogens is 5. The van der Waals surface area contributed by atoms with Crippen LogP contribution in [0.15, 0.2) is 46.6 Å². The predicted molar refractivity (Wildman–Crippen MR) is 103 cm³/mol. The lowest BCUT2D eigenvalue weighted by Gasteiger charge is -2.07. The maximum atomic E-state index is 12.7. The van der Waals surface area contributed by atoms with Gasteiger partial charge in [0.1, 0.15) is 5.52 Å². The number of nitrogens with one attached hydrogen (secondary N) is 1. The van der Waals surface area contributed by atoms with Crippen molar-refractivity contribution in [2.45, 2.75) is 13.5 Å². The molecule has 0 aliphatic carbocycles. The largest absolute Gasteiger partial charge is 0.321 e. The van der Waals surface area contributed by atoms with Crippen molar-refractivity contribution in [3.63, 3.8) is 0 Å². The van der Waals surface area contributed by atoms with Gasteiger partial charge in [-0.3, -0.25) is 14.3 Å². The zero-order chi connectivity index (χ0) is 19.0. The lowest BCUT2D eigenvalue weighted by atomic mass is 10.2. The van der Waals surface area contributed by atoms with Gasteiger partial charge < -0.3 is 5.32 Å². The summed E-state index contributed by atoms with van der Waals surface area (Å²) in [5, 5.41) is 17.1. The Labute approximate surface area is 158 Å². The molecule has 0 unspecified atom stereocenters. The Bertz CT molecular complexity index is 1180. The van der Waals surface area contributed by atoms with E-state index in [0.717, 1.165) is 5.56 Å². The average Bonchev–Trinajstić information content (AvgIpc) is 3.28. The van der Waals surface area contributed by atoms with Crippen LogP contribution >= 0.6 is 11.3 Å². The Morgan fingerprint density at radius 1 is 1.22 bits per heavy atom. The van der Waals surface area contributed by atoms with Crippen LogP contribution in [0.4, 0.5) is 5.69 Å². The molecule has 1 N–H and O–H groups in total. The second-order valence-electron chi connectivity index (χ2n) is 6.09. The third-order valence-corrected chi connectivity index (χ3v) is 5.04. The van der Waals surface area contributed by atoms with Crippen molar-refractivity contribution in [1.29, 1.82) is 0 Å². The fourth-order valence-corrected chi connectivity index (χ4v) is 3.46. The summed E-state index contributed by atoms with van der Waals surface area (Å²) in [5.41, 5.74) is 2.95. The zero-order valence-corrected chi connectivity index (χ0v) is 15.5. The van der Waals surface area contributed by atoms with Crippen LogP contribution in [0.2, 0.25) is 0 Å². The van der Waals surface area contributed by atoms with Crippen molar-refractivity contribution in [3.8, 4) is 0 Å². The molecule has 0 saturated carbocycles. The number of rotatable bonds is 4. The predicted octanol–water partition coefficient (Wildman–Crippen LogP) is 2.20. The van der Waals surface area contributed by atoms with E-state index in [-0.39, 0.29) is 18.0 Å². The Morgan fingerprint density at radius 3 is 2.70 bits per heavy atom. The van der Waals surface area contributed by atoms with Gasteiger partial charge in [0.15, 0.2) is 5.52 Å². The van der Waals surface area contributed by atoms with Crippen LogP contribution in [-0.2, 0) is 13.6 Å². The third-order valence-electron chi connectivity index (χ3n) is 4.17. The van der Waals surface area contributed by atoms with Gasteiger partial charge in [-0.05, 0) is 36.1 Å². The van der Waals surface area contributed by atoms with Crippen molar-refractivity contribution in [1.82, 2.24) is 24.8 Å². The molecule has 3 aromatic heterocycles. The van der Waals surface area contributed by atoms with Gasteiger partial charge in [-0.25, -0.2) is 4.68 Å². The first-order chi connectivity index (χ1) is 13.0. The lowest BCUT2D eigenvalue weighted by molar-refractivity contribution is 0.103. The highest BCUT2D eigenvalue weighted by molar-refractivity contribution is 7.12. The van der Waals surface area contributed by atoms with E-state index in [4.69, 9.17) is 0 Å². The highest BCUT2D eigenvalue weighted by Gasteiger charge is 2.14. The summed E-state index contributed by atoms with van der Waals surface area (Å²) in [7, 11) is 1.72. The van der Waals surface area contributed by atoms with Gasteiger partial charge >= 0.3 is 0 Å². The minimum absolute atomic E-state index is 0.142. The summed E-state index contributed by atoms with van der Waals surface area (Å²) in [6.45, 7) is 2.08. The van der Waals surface area contributed by atoms with Crippen LogP contribution in [-0.4, -0.2) is 30.7 Å². The van der Waals surface area contributed by atoms with Gasteiger partial charge in [0.05, 0.1) is 17.1 Å². The lowest BCUT2D eigenvalue weighted by Crippen LogP contribution is -2.26. The Hall–Kier alpha value is -3.33. The number of carbonyl (C=O) groups is 1. The van der Waals surface area contributed by atoms with Crippen molar-refractivity contribution in [2.75, 3.05) is 5.32 Å². The first-order valence-corrected chi connectivity index (χ1v) is 9.12. The molecular formula is C18H16N6O2S. The molecule has 136 valence electrons. The number of thiophene rings is 1. The van der Waals surface area contributed by atoms with E-state index in [1.54, 1.807) is 32.2 Å². The minimum atomic E-state index is -0.238. The summed E-state index contributed by atoms with van der Waals surface area (Å²) in [6.07, 6.45) is 0. The Balaban J connectivity index is 1.54. The quantitative estimate of drug-likeness (QED) is 0.586. The molecule has 4 aromatic rings. The second-order valence-corrected chi connectivity index (χ2v) is 7.03. The SMILES string of the molecule is Cc1nn(C)c2c(=O)n(Cc3ccc(NC(=O)c4cccs4)cc3)nnc12. The molecular weight excluding hydrogens is 364 g/mol. The van der Waals surface area contributed by atoms with E-state index in [1.165, 1.54) is 20.7 Å². The number of fused-ring (bicyclic) bond motifs is 1. The van der Waals surface area contributed by atoms with Crippen LogP contribution in [0, 0.1) is 6.92 Å². The summed E-state index contributed by atoms with van der Waals surface area (Å²) in [6, 6.07) is 10.9. The molecule has 1 amide bonds. The van der Waals surface area contributed by atoms with Gasteiger partial charge in [0.2, 0.25) is 0 Å². The molecule has 0 aliphatic heterocycles. The monoisotopic (exact) mass is 380 g/mol. The van der Waals surface area contributed by atoms with E-state index in [9.17, 15) is 9.59 Å². The fraction of sp³-hybridized carbons (Fsp3) is 0.167. The molecule has 8 nitrogen and oxygen atoms in total. The Kier molecular flexibility index (Phi) is 4.28. The number of nitrogens with zero attached hydrogens (tertiary/aromatic N) is 5. The number of hydrogen-bond donors (Lipinski definition) is 1. The van der Waals surface area contributed by atoms with Crippen molar-refractivity contribution < 1.29 is 4.79 Å². The van der Waals surface area contributed by atoms with E-state index in [2.05, 4.69) is 20.7 Å². The molecule has 27 heavy (non-hydrogen) atoms. The molecule has 0 saturated heterocycles. The zero-order valence-electron chi connectivity index (χ0n) is 14.7. The van der Waals surface area contributed by atoms with E-state index in [1.807, 2.05) is 23.6 Å². The van der Waals surface area contributed by atoms with Crippen LogP contribution in [0.1, 0.15) is 20.9 Å². The second kappa shape index (κ2) is 6.76. The van der Waals surface area contributed by atoms with Crippen molar-refractivity contribution in [2.24, 2.45) is 7.05 Å². The van der Waals surface area contributed by atoms with E-state index in [0.29, 0.717) is 27.3 Å². The third kappa shape index (κ3) is 3.24. The molecule has 0 aliphatic rings.